The molecule has 0 amide bonds. The zero-order valence-corrected chi connectivity index (χ0v) is 14.3. The fourth-order valence-electron chi connectivity index (χ4n) is 4.17. The van der Waals surface area contributed by atoms with Crippen molar-refractivity contribution >= 4 is 11.4 Å². The number of nitro groups is 1. The molecule has 6 heteroatoms. The van der Waals surface area contributed by atoms with Crippen LogP contribution in [0.15, 0.2) is 42.6 Å². The monoisotopic (exact) mass is 338 g/mol. The normalized spacial score (nSPS) is 27.9. The Morgan fingerprint density at radius 1 is 1.24 bits per heavy atom. The quantitative estimate of drug-likeness (QED) is 0.682. The Bertz CT molecular complexity index is 767. The molecule has 2 atom stereocenters. The molecule has 4 heterocycles. The van der Waals surface area contributed by atoms with E-state index in [2.05, 4.69) is 22.1 Å². The lowest BCUT2D eigenvalue weighted by atomic mass is 9.79. The van der Waals surface area contributed by atoms with Crippen molar-refractivity contribution in [2.45, 2.75) is 31.8 Å². The summed E-state index contributed by atoms with van der Waals surface area (Å²) in [6.07, 6.45) is 4.36. The van der Waals surface area contributed by atoms with Crippen molar-refractivity contribution in [3.8, 4) is 11.3 Å². The molecule has 0 saturated carbocycles. The van der Waals surface area contributed by atoms with E-state index in [0.717, 1.165) is 22.9 Å². The summed E-state index contributed by atoms with van der Waals surface area (Å²) in [6.45, 7) is 4.73. The molecular weight excluding hydrogens is 316 g/mol. The SMILES string of the molecule is C[C@@H]1[C@H](Nc2ccc(-c3cccc([N+](=O)[O-])c3)nc2)C2CCN1CC2. The van der Waals surface area contributed by atoms with Crippen molar-refractivity contribution in [3.05, 3.63) is 52.7 Å². The number of anilines is 1. The summed E-state index contributed by atoms with van der Waals surface area (Å²) in [4.78, 5) is 17.6. The molecule has 5 rings (SSSR count). The fraction of sp³-hybridized carbons (Fsp3) is 0.421. The summed E-state index contributed by atoms with van der Waals surface area (Å²) in [5, 5.41) is 14.6. The lowest BCUT2D eigenvalue weighted by molar-refractivity contribution is -0.384. The summed E-state index contributed by atoms with van der Waals surface area (Å²) in [7, 11) is 0. The van der Waals surface area contributed by atoms with Gasteiger partial charge in [0.15, 0.2) is 0 Å². The molecule has 1 aromatic heterocycles. The molecule has 1 N–H and O–H groups in total. The third-order valence-electron chi connectivity index (χ3n) is 5.63. The van der Waals surface area contributed by atoms with Gasteiger partial charge in [0.25, 0.3) is 5.69 Å². The molecule has 0 unspecified atom stereocenters. The number of hydrogen-bond acceptors (Lipinski definition) is 5. The van der Waals surface area contributed by atoms with Crippen LogP contribution < -0.4 is 5.32 Å². The summed E-state index contributed by atoms with van der Waals surface area (Å²) in [5.41, 5.74) is 2.61. The minimum Gasteiger partial charge on any atom is -0.379 e. The highest BCUT2D eigenvalue weighted by atomic mass is 16.6. The number of piperidine rings is 3. The lowest BCUT2D eigenvalue weighted by Gasteiger charge is -2.50. The topological polar surface area (TPSA) is 71.3 Å². The van der Waals surface area contributed by atoms with E-state index in [1.807, 2.05) is 24.4 Å². The van der Waals surface area contributed by atoms with Gasteiger partial charge in [0, 0.05) is 29.8 Å². The maximum atomic E-state index is 10.9. The number of nitrogens with one attached hydrogen (secondary N) is 1. The molecule has 1 aromatic carbocycles. The summed E-state index contributed by atoms with van der Waals surface area (Å²) >= 11 is 0. The zero-order valence-electron chi connectivity index (χ0n) is 14.3. The highest BCUT2D eigenvalue weighted by Crippen LogP contribution is 2.34. The molecule has 0 aliphatic carbocycles. The number of nitrogens with zero attached hydrogens (tertiary/aromatic N) is 3. The third-order valence-corrected chi connectivity index (χ3v) is 5.63. The molecule has 0 spiro atoms. The van der Waals surface area contributed by atoms with E-state index < -0.39 is 0 Å². The lowest BCUT2D eigenvalue weighted by Crippen LogP contribution is -2.59. The average molecular weight is 338 g/mol. The number of non-ortho nitro benzene ring substituents is 1. The first-order valence-electron chi connectivity index (χ1n) is 8.83. The Labute approximate surface area is 147 Å². The van der Waals surface area contributed by atoms with Gasteiger partial charge in [0.2, 0.25) is 0 Å². The number of pyridine rings is 1. The van der Waals surface area contributed by atoms with Crippen LogP contribution in [0.25, 0.3) is 11.3 Å². The highest BCUT2D eigenvalue weighted by Gasteiger charge is 2.39. The van der Waals surface area contributed by atoms with Crippen LogP contribution in [0.2, 0.25) is 0 Å². The zero-order chi connectivity index (χ0) is 17.4. The third kappa shape index (κ3) is 3.09. The van der Waals surface area contributed by atoms with E-state index in [1.54, 1.807) is 12.1 Å². The number of nitro benzene ring substituents is 1. The van der Waals surface area contributed by atoms with E-state index in [1.165, 1.54) is 32.0 Å². The van der Waals surface area contributed by atoms with Crippen molar-refractivity contribution in [3.63, 3.8) is 0 Å². The van der Waals surface area contributed by atoms with Crippen LogP contribution in [0.4, 0.5) is 11.4 Å². The van der Waals surface area contributed by atoms with E-state index >= 15 is 0 Å². The number of fused-ring (bicyclic) bond motifs is 3. The van der Waals surface area contributed by atoms with Crippen molar-refractivity contribution < 1.29 is 4.92 Å². The van der Waals surface area contributed by atoms with Crippen LogP contribution in [0.3, 0.4) is 0 Å². The minimum atomic E-state index is -0.381. The molecule has 130 valence electrons. The average Bonchev–Trinajstić information content (AvgIpc) is 2.66. The van der Waals surface area contributed by atoms with Crippen LogP contribution in [0.1, 0.15) is 19.8 Å². The van der Waals surface area contributed by atoms with Crippen molar-refractivity contribution in [1.29, 1.82) is 0 Å². The van der Waals surface area contributed by atoms with Crippen molar-refractivity contribution in [1.82, 2.24) is 9.88 Å². The van der Waals surface area contributed by atoms with Gasteiger partial charge in [-0.05, 0) is 50.9 Å². The van der Waals surface area contributed by atoms with Gasteiger partial charge in [0.1, 0.15) is 0 Å². The van der Waals surface area contributed by atoms with E-state index in [9.17, 15) is 10.1 Å². The Kier molecular flexibility index (Phi) is 4.13. The first-order chi connectivity index (χ1) is 12.1. The van der Waals surface area contributed by atoms with E-state index in [-0.39, 0.29) is 10.6 Å². The minimum absolute atomic E-state index is 0.0857. The Hall–Kier alpha value is -2.47. The van der Waals surface area contributed by atoms with Gasteiger partial charge in [0.05, 0.1) is 22.5 Å². The molecule has 3 aliphatic rings. The van der Waals surface area contributed by atoms with Crippen LogP contribution >= 0.6 is 0 Å². The van der Waals surface area contributed by atoms with Gasteiger partial charge >= 0.3 is 0 Å². The van der Waals surface area contributed by atoms with E-state index in [0.29, 0.717) is 12.1 Å². The summed E-state index contributed by atoms with van der Waals surface area (Å²) < 4.78 is 0. The van der Waals surface area contributed by atoms with Crippen molar-refractivity contribution in [2.75, 3.05) is 18.4 Å². The number of aromatic nitrogens is 1. The Morgan fingerprint density at radius 3 is 2.68 bits per heavy atom. The van der Waals surface area contributed by atoms with Gasteiger partial charge in [-0.3, -0.25) is 20.0 Å². The fourth-order valence-corrected chi connectivity index (χ4v) is 4.17. The molecule has 6 nitrogen and oxygen atoms in total. The molecule has 2 aromatic rings. The maximum Gasteiger partial charge on any atom is 0.270 e. The number of hydrogen-bond donors (Lipinski definition) is 1. The first-order valence-corrected chi connectivity index (χ1v) is 8.83. The second kappa shape index (κ2) is 6.44. The first kappa shape index (κ1) is 16.0. The van der Waals surface area contributed by atoms with Crippen LogP contribution in [-0.4, -0.2) is 40.0 Å². The van der Waals surface area contributed by atoms with Gasteiger partial charge in [-0.2, -0.15) is 0 Å². The highest BCUT2D eigenvalue weighted by molar-refractivity contribution is 5.64. The number of rotatable bonds is 4. The molecular formula is C19H22N4O2. The molecule has 3 aliphatic heterocycles. The second-order valence-electron chi connectivity index (χ2n) is 7.02. The maximum absolute atomic E-state index is 10.9. The molecule has 3 fully saturated rings. The van der Waals surface area contributed by atoms with Gasteiger partial charge < -0.3 is 5.32 Å². The second-order valence-corrected chi connectivity index (χ2v) is 7.02. The largest absolute Gasteiger partial charge is 0.379 e. The van der Waals surface area contributed by atoms with Gasteiger partial charge in [-0.25, -0.2) is 0 Å². The smallest absolute Gasteiger partial charge is 0.270 e. The summed E-state index contributed by atoms with van der Waals surface area (Å²) in [5.74, 6) is 0.733. The van der Waals surface area contributed by atoms with Gasteiger partial charge in [-0.15, -0.1) is 0 Å². The predicted molar refractivity (Wildman–Crippen MR) is 97.5 cm³/mol. The summed E-state index contributed by atoms with van der Waals surface area (Å²) in [6, 6.07) is 11.5. The van der Waals surface area contributed by atoms with Gasteiger partial charge in [-0.1, -0.05) is 12.1 Å². The molecule has 0 radical (unpaired) electrons. The molecule has 3 saturated heterocycles. The molecule has 25 heavy (non-hydrogen) atoms. The van der Waals surface area contributed by atoms with Crippen LogP contribution in [-0.2, 0) is 0 Å². The van der Waals surface area contributed by atoms with Crippen LogP contribution in [0.5, 0.6) is 0 Å². The standard InChI is InChI=1S/C19H22N4O2/c1-13-19(14-7-9-22(13)10-8-14)21-16-5-6-18(20-12-16)15-3-2-4-17(11-15)23(24)25/h2-6,11-14,19,21H,7-10H2,1H3/t13-,19+/m1/s1. The Morgan fingerprint density at radius 2 is 2.04 bits per heavy atom. The van der Waals surface area contributed by atoms with E-state index in [4.69, 9.17) is 0 Å². The Balaban J connectivity index is 1.51. The predicted octanol–water partition coefficient (Wildman–Crippen LogP) is 3.55. The van der Waals surface area contributed by atoms with Crippen molar-refractivity contribution in [2.24, 2.45) is 5.92 Å². The number of benzene rings is 1. The molecule has 2 bridgehead atoms. The van der Waals surface area contributed by atoms with Crippen LogP contribution in [0, 0.1) is 16.0 Å².